The van der Waals surface area contributed by atoms with E-state index < -0.39 is 22.1 Å². The zero-order valence-electron chi connectivity index (χ0n) is 16.6. The number of hydrogen-bond acceptors (Lipinski definition) is 6. The minimum absolute atomic E-state index is 0.0619. The molecule has 29 heavy (non-hydrogen) atoms. The molecule has 2 aromatic rings. The summed E-state index contributed by atoms with van der Waals surface area (Å²) in [7, 11) is -1.53. The minimum Gasteiger partial charge on any atom is -0.368 e. The Kier molecular flexibility index (Phi) is 5.93. The van der Waals surface area contributed by atoms with Gasteiger partial charge in [-0.05, 0) is 30.4 Å². The average Bonchev–Trinajstić information content (AvgIpc) is 2.94. The maximum absolute atomic E-state index is 13.6. The van der Waals surface area contributed by atoms with E-state index in [4.69, 9.17) is 10.0 Å². The molecular formula is C19H25FN6O2S. The highest BCUT2D eigenvalue weighted by atomic mass is 32.2. The van der Waals surface area contributed by atoms with Crippen LogP contribution in [0.15, 0.2) is 23.2 Å². The van der Waals surface area contributed by atoms with Gasteiger partial charge >= 0.3 is 0 Å². The van der Waals surface area contributed by atoms with Crippen molar-refractivity contribution in [1.29, 1.82) is 10.0 Å². The molecule has 8 nitrogen and oxygen atoms in total. The fourth-order valence-corrected chi connectivity index (χ4v) is 5.47. The zero-order valence-corrected chi connectivity index (χ0v) is 17.4. The second-order valence-corrected chi connectivity index (χ2v) is 9.18. The molecule has 156 valence electrons. The number of aliphatic hydroxyl groups is 1. The Labute approximate surface area is 169 Å². The summed E-state index contributed by atoms with van der Waals surface area (Å²) < 4.78 is 39.7. The Morgan fingerprint density at radius 1 is 1.59 bits per heavy atom. The summed E-state index contributed by atoms with van der Waals surface area (Å²) in [5.41, 5.74) is 1.20. The van der Waals surface area contributed by atoms with E-state index in [0.29, 0.717) is 29.0 Å². The SMILES string of the molecule is CC[C@H](C)[C@H]1CCc2c(cn(C)c2C(O)Nc2cc(F)nc(C#N)c2)S(=N)(=O)N1. The van der Waals surface area contributed by atoms with Crippen molar-refractivity contribution in [3.05, 3.63) is 41.2 Å². The quantitative estimate of drug-likeness (QED) is 0.437. The molecule has 3 rings (SSSR count). The summed E-state index contributed by atoms with van der Waals surface area (Å²) in [5, 5.41) is 22.5. The third kappa shape index (κ3) is 4.27. The fraction of sp³-hybridized carbons (Fsp3) is 0.474. The minimum atomic E-state index is -3.23. The van der Waals surface area contributed by atoms with Crippen LogP contribution in [-0.4, -0.2) is 24.9 Å². The van der Waals surface area contributed by atoms with Gasteiger partial charge in [0.05, 0.1) is 10.6 Å². The van der Waals surface area contributed by atoms with Gasteiger partial charge < -0.3 is 15.0 Å². The van der Waals surface area contributed by atoms with Gasteiger partial charge in [0.15, 0.2) is 6.23 Å². The van der Waals surface area contributed by atoms with Gasteiger partial charge in [-0.3, -0.25) is 0 Å². The van der Waals surface area contributed by atoms with Crippen molar-refractivity contribution >= 4 is 15.6 Å². The smallest absolute Gasteiger partial charge is 0.216 e. The molecule has 0 saturated heterocycles. The molecule has 0 amide bonds. The first-order valence-corrected chi connectivity index (χ1v) is 11.0. The average molecular weight is 421 g/mol. The molecule has 0 bridgehead atoms. The van der Waals surface area contributed by atoms with Crippen molar-refractivity contribution in [2.75, 3.05) is 5.32 Å². The van der Waals surface area contributed by atoms with Crippen molar-refractivity contribution < 1.29 is 13.7 Å². The monoisotopic (exact) mass is 420 g/mol. The number of nitrogens with one attached hydrogen (secondary N) is 3. The summed E-state index contributed by atoms with van der Waals surface area (Å²) >= 11 is 0. The molecule has 0 spiro atoms. The molecule has 0 aliphatic carbocycles. The van der Waals surface area contributed by atoms with Crippen molar-refractivity contribution in [3.63, 3.8) is 0 Å². The van der Waals surface area contributed by atoms with E-state index in [1.54, 1.807) is 23.9 Å². The maximum atomic E-state index is 13.6. The number of halogens is 1. The lowest BCUT2D eigenvalue weighted by atomic mass is 9.94. The van der Waals surface area contributed by atoms with Gasteiger partial charge in [0.1, 0.15) is 21.7 Å². The number of aromatic nitrogens is 2. The lowest BCUT2D eigenvalue weighted by Gasteiger charge is -2.23. The van der Waals surface area contributed by atoms with Crippen LogP contribution in [0, 0.1) is 28.0 Å². The molecule has 10 heteroatoms. The lowest BCUT2D eigenvalue weighted by molar-refractivity contribution is 0.198. The van der Waals surface area contributed by atoms with E-state index in [-0.39, 0.29) is 23.3 Å². The van der Waals surface area contributed by atoms with Crippen LogP contribution in [0.3, 0.4) is 0 Å². The second kappa shape index (κ2) is 8.10. The Bertz CT molecular complexity index is 1060. The Hall–Kier alpha value is -2.48. The number of nitriles is 1. The highest BCUT2D eigenvalue weighted by Crippen LogP contribution is 2.33. The van der Waals surface area contributed by atoms with E-state index in [0.717, 1.165) is 12.5 Å². The van der Waals surface area contributed by atoms with Gasteiger partial charge in [-0.25, -0.2) is 18.7 Å². The van der Waals surface area contributed by atoms with Gasteiger partial charge in [-0.1, -0.05) is 20.3 Å². The molecule has 1 aliphatic heterocycles. The number of aliphatic hydroxyl groups excluding tert-OH is 1. The molecule has 0 radical (unpaired) electrons. The standard InChI is InChI=1S/C19H25FN6O2S/c1-4-11(2)15-6-5-14-16(29(22,28)25-15)10-26(3)18(14)19(27)24-12-7-13(9-21)23-17(20)8-12/h7-8,10-11,15,19,27H,4-6H2,1-3H3,(H,23,24)(H2,22,25,28)/t11-,15+,19?,29?/m0/s1. The summed E-state index contributed by atoms with van der Waals surface area (Å²) in [6.45, 7) is 4.11. The largest absolute Gasteiger partial charge is 0.368 e. The van der Waals surface area contributed by atoms with Gasteiger partial charge in [-0.2, -0.15) is 9.65 Å². The van der Waals surface area contributed by atoms with Crippen molar-refractivity contribution in [1.82, 2.24) is 14.3 Å². The maximum Gasteiger partial charge on any atom is 0.216 e. The van der Waals surface area contributed by atoms with E-state index in [2.05, 4.69) is 28.9 Å². The van der Waals surface area contributed by atoms with Gasteiger partial charge in [0, 0.05) is 31.0 Å². The first-order chi connectivity index (χ1) is 13.7. The number of anilines is 1. The lowest BCUT2D eigenvalue weighted by Crippen LogP contribution is -2.37. The molecule has 2 aromatic heterocycles. The van der Waals surface area contributed by atoms with Crippen molar-refractivity contribution in [2.24, 2.45) is 13.0 Å². The van der Waals surface area contributed by atoms with Crippen LogP contribution in [0.1, 0.15) is 49.9 Å². The van der Waals surface area contributed by atoms with Gasteiger partial charge in [0.25, 0.3) is 0 Å². The summed E-state index contributed by atoms with van der Waals surface area (Å²) in [6, 6.07) is 4.13. The number of aryl methyl sites for hydroxylation is 1. The van der Waals surface area contributed by atoms with Crippen LogP contribution in [0.4, 0.5) is 10.1 Å². The fourth-order valence-electron chi connectivity index (χ4n) is 3.70. The van der Waals surface area contributed by atoms with Gasteiger partial charge in [0.2, 0.25) is 5.95 Å². The molecule has 4 atom stereocenters. The first-order valence-electron chi connectivity index (χ1n) is 9.42. The van der Waals surface area contributed by atoms with Crippen LogP contribution < -0.4 is 10.0 Å². The molecule has 4 N–H and O–H groups in total. The number of nitrogens with zero attached hydrogens (tertiary/aromatic N) is 3. The van der Waals surface area contributed by atoms with Crippen LogP contribution >= 0.6 is 0 Å². The summed E-state index contributed by atoms with van der Waals surface area (Å²) in [5.74, 6) is -0.575. The normalized spacial score (nSPS) is 23.5. The topological polar surface area (TPSA) is 127 Å². The first kappa shape index (κ1) is 21.2. The van der Waals surface area contributed by atoms with Gasteiger partial charge in [-0.15, -0.1) is 0 Å². The summed E-state index contributed by atoms with van der Waals surface area (Å²) in [4.78, 5) is 3.81. The highest BCUT2D eigenvalue weighted by molar-refractivity contribution is 7.90. The van der Waals surface area contributed by atoms with Crippen LogP contribution in [-0.2, 0) is 23.4 Å². The Morgan fingerprint density at radius 3 is 2.97 bits per heavy atom. The number of hydrogen-bond donors (Lipinski definition) is 4. The Balaban J connectivity index is 1.96. The van der Waals surface area contributed by atoms with Crippen molar-refractivity contribution in [3.8, 4) is 6.07 Å². The third-order valence-electron chi connectivity index (χ3n) is 5.43. The summed E-state index contributed by atoms with van der Waals surface area (Å²) in [6.07, 6.45) is 2.50. The van der Waals surface area contributed by atoms with E-state index >= 15 is 0 Å². The van der Waals surface area contributed by atoms with Crippen LogP contribution in [0.25, 0.3) is 0 Å². The number of pyridine rings is 1. The molecule has 0 aromatic carbocycles. The third-order valence-corrected chi connectivity index (χ3v) is 7.04. The predicted octanol–water partition coefficient (Wildman–Crippen LogP) is 2.81. The molecule has 2 unspecified atom stereocenters. The van der Waals surface area contributed by atoms with E-state index in [9.17, 15) is 13.7 Å². The zero-order chi connectivity index (χ0) is 21.3. The van der Waals surface area contributed by atoms with E-state index in [1.807, 2.05) is 0 Å². The Morgan fingerprint density at radius 2 is 2.31 bits per heavy atom. The van der Waals surface area contributed by atoms with Crippen LogP contribution in [0.5, 0.6) is 0 Å². The van der Waals surface area contributed by atoms with E-state index in [1.165, 1.54) is 6.07 Å². The number of fused-ring (bicyclic) bond motifs is 1. The number of rotatable bonds is 5. The predicted molar refractivity (Wildman–Crippen MR) is 107 cm³/mol. The second-order valence-electron chi connectivity index (χ2n) is 7.40. The molecule has 1 aliphatic rings. The van der Waals surface area contributed by atoms with Crippen LogP contribution in [0.2, 0.25) is 0 Å². The molecule has 0 saturated carbocycles. The molecule has 0 fully saturated rings. The molecule has 3 heterocycles. The van der Waals surface area contributed by atoms with Crippen molar-refractivity contribution in [2.45, 2.75) is 50.3 Å². The molecular weight excluding hydrogens is 395 g/mol. The highest BCUT2D eigenvalue weighted by Gasteiger charge is 2.32.